The Kier molecular flexibility index (Phi) is 6.99. The van der Waals surface area contributed by atoms with Crippen molar-refractivity contribution < 1.29 is 9.59 Å². The normalized spacial score (nSPS) is 10.4. The van der Waals surface area contributed by atoms with E-state index < -0.39 is 0 Å². The number of carbonyl (C=O) groups excluding carboxylic acids is 2. The number of benzene rings is 2. The Morgan fingerprint density at radius 3 is 1.85 bits per heavy atom. The van der Waals surface area contributed by atoms with Crippen LogP contribution in [0.1, 0.15) is 31.9 Å². The summed E-state index contributed by atoms with van der Waals surface area (Å²) >= 11 is 0. The molecule has 0 atom stereocenters. The molecule has 2 amide bonds. The van der Waals surface area contributed by atoms with E-state index in [4.69, 9.17) is 0 Å². The van der Waals surface area contributed by atoms with Crippen molar-refractivity contribution >= 4 is 28.9 Å². The molecule has 0 fully saturated rings. The summed E-state index contributed by atoms with van der Waals surface area (Å²) in [4.78, 5) is 28.3. The van der Waals surface area contributed by atoms with E-state index >= 15 is 0 Å². The zero-order chi connectivity index (χ0) is 20.0. The second-order valence-corrected chi connectivity index (χ2v) is 6.72. The molecule has 0 heterocycles. The van der Waals surface area contributed by atoms with Crippen molar-refractivity contribution in [3.05, 3.63) is 53.6 Å². The molecule has 0 radical (unpaired) electrons. The number of rotatable bonds is 7. The maximum Gasteiger partial charge on any atom is 0.244 e. The van der Waals surface area contributed by atoms with Gasteiger partial charge in [0, 0.05) is 38.1 Å². The smallest absolute Gasteiger partial charge is 0.244 e. The van der Waals surface area contributed by atoms with Gasteiger partial charge in [-0.15, -0.1) is 0 Å². The first-order chi connectivity index (χ1) is 12.9. The summed E-state index contributed by atoms with van der Waals surface area (Å²) in [7, 11) is 3.92. The SMILES string of the molecule is CCc1cccc(CC)c1NC(=O)CN(C(C)=O)c1ccc(N(C)C)cc1. The third-order valence-corrected chi connectivity index (χ3v) is 4.62. The summed E-state index contributed by atoms with van der Waals surface area (Å²) in [5.74, 6) is -0.361. The highest BCUT2D eigenvalue weighted by Gasteiger charge is 2.17. The molecule has 0 aliphatic carbocycles. The van der Waals surface area contributed by atoms with Crippen LogP contribution in [-0.2, 0) is 22.4 Å². The Morgan fingerprint density at radius 2 is 1.41 bits per heavy atom. The summed E-state index contributed by atoms with van der Waals surface area (Å²) < 4.78 is 0. The lowest BCUT2D eigenvalue weighted by Gasteiger charge is -2.23. The standard InChI is InChI=1S/C22H29N3O2/c1-6-17-9-8-10-18(7-2)22(17)23-21(27)15-25(16(3)26)20-13-11-19(12-14-20)24(4)5/h8-14H,6-7,15H2,1-5H3,(H,23,27). The van der Waals surface area contributed by atoms with Crippen LogP contribution in [0.2, 0.25) is 0 Å². The second-order valence-electron chi connectivity index (χ2n) is 6.72. The number of para-hydroxylation sites is 1. The van der Waals surface area contributed by atoms with E-state index in [0.29, 0.717) is 5.69 Å². The van der Waals surface area contributed by atoms with E-state index in [0.717, 1.165) is 35.3 Å². The fourth-order valence-electron chi connectivity index (χ4n) is 3.04. The summed E-state index contributed by atoms with van der Waals surface area (Å²) in [6.45, 7) is 5.60. The minimum absolute atomic E-state index is 0.0160. The lowest BCUT2D eigenvalue weighted by Crippen LogP contribution is -2.37. The fourth-order valence-corrected chi connectivity index (χ4v) is 3.04. The van der Waals surface area contributed by atoms with Gasteiger partial charge >= 0.3 is 0 Å². The Balaban J connectivity index is 2.20. The Bertz CT molecular complexity index is 775. The van der Waals surface area contributed by atoms with Crippen molar-refractivity contribution in [1.82, 2.24) is 0 Å². The van der Waals surface area contributed by atoms with Gasteiger partial charge in [-0.25, -0.2) is 0 Å². The van der Waals surface area contributed by atoms with Gasteiger partial charge in [0.25, 0.3) is 0 Å². The summed E-state index contributed by atoms with van der Waals surface area (Å²) in [6.07, 6.45) is 1.68. The lowest BCUT2D eigenvalue weighted by atomic mass is 10.0. The molecular weight excluding hydrogens is 338 g/mol. The zero-order valence-corrected chi connectivity index (χ0v) is 16.9. The van der Waals surface area contributed by atoms with Crippen LogP contribution in [0.3, 0.4) is 0 Å². The summed E-state index contributed by atoms with van der Waals surface area (Å²) in [5, 5.41) is 3.02. The van der Waals surface area contributed by atoms with Crippen LogP contribution in [0.25, 0.3) is 0 Å². The van der Waals surface area contributed by atoms with E-state index in [2.05, 4.69) is 19.2 Å². The molecule has 0 saturated carbocycles. The van der Waals surface area contributed by atoms with Crippen molar-refractivity contribution in [3.8, 4) is 0 Å². The van der Waals surface area contributed by atoms with E-state index in [1.54, 1.807) is 0 Å². The number of hydrogen-bond acceptors (Lipinski definition) is 3. The van der Waals surface area contributed by atoms with Gasteiger partial charge < -0.3 is 15.1 Å². The van der Waals surface area contributed by atoms with Gasteiger partial charge in [0.2, 0.25) is 11.8 Å². The van der Waals surface area contributed by atoms with Crippen LogP contribution < -0.4 is 15.1 Å². The van der Waals surface area contributed by atoms with Crippen molar-refractivity contribution in [1.29, 1.82) is 0 Å². The van der Waals surface area contributed by atoms with E-state index in [-0.39, 0.29) is 18.4 Å². The number of aryl methyl sites for hydroxylation is 2. The molecule has 0 spiro atoms. The third kappa shape index (κ3) is 5.09. The van der Waals surface area contributed by atoms with Crippen molar-refractivity contribution in [3.63, 3.8) is 0 Å². The van der Waals surface area contributed by atoms with Crippen LogP contribution >= 0.6 is 0 Å². The van der Waals surface area contributed by atoms with Crippen molar-refractivity contribution in [2.24, 2.45) is 0 Å². The molecular formula is C22H29N3O2. The van der Waals surface area contributed by atoms with Crippen molar-refractivity contribution in [2.75, 3.05) is 35.8 Å². The predicted molar refractivity (Wildman–Crippen MR) is 113 cm³/mol. The van der Waals surface area contributed by atoms with E-state index in [1.807, 2.05) is 61.5 Å². The van der Waals surface area contributed by atoms with Crippen LogP contribution in [-0.4, -0.2) is 32.5 Å². The molecule has 0 aromatic heterocycles. The highest BCUT2D eigenvalue weighted by atomic mass is 16.2. The zero-order valence-electron chi connectivity index (χ0n) is 16.9. The van der Waals surface area contributed by atoms with Crippen LogP contribution in [0.4, 0.5) is 17.1 Å². The highest BCUT2D eigenvalue weighted by Crippen LogP contribution is 2.23. The van der Waals surface area contributed by atoms with Crippen LogP contribution in [0.5, 0.6) is 0 Å². The molecule has 5 heteroatoms. The average Bonchev–Trinajstić information content (AvgIpc) is 2.66. The molecule has 0 bridgehead atoms. The number of nitrogens with zero attached hydrogens (tertiary/aromatic N) is 2. The minimum atomic E-state index is -0.197. The number of nitrogens with one attached hydrogen (secondary N) is 1. The lowest BCUT2D eigenvalue weighted by molar-refractivity contribution is -0.120. The predicted octanol–water partition coefficient (Wildman–Crippen LogP) is 3.87. The Labute approximate surface area is 162 Å². The minimum Gasteiger partial charge on any atom is -0.378 e. The third-order valence-electron chi connectivity index (χ3n) is 4.62. The molecule has 0 unspecified atom stereocenters. The average molecular weight is 367 g/mol. The highest BCUT2D eigenvalue weighted by molar-refractivity contribution is 6.02. The Morgan fingerprint density at radius 1 is 0.889 bits per heavy atom. The van der Waals surface area contributed by atoms with E-state index in [1.165, 1.54) is 11.8 Å². The maximum absolute atomic E-state index is 12.7. The van der Waals surface area contributed by atoms with Gasteiger partial charge in [-0.1, -0.05) is 32.0 Å². The van der Waals surface area contributed by atoms with Crippen molar-refractivity contribution in [2.45, 2.75) is 33.6 Å². The Hall–Kier alpha value is -2.82. The monoisotopic (exact) mass is 367 g/mol. The molecule has 0 aliphatic rings. The largest absolute Gasteiger partial charge is 0.378 e. The van der Waals surface area contributed by atoms with Gasteiger partial charge in [-0.2, -0.15) is 0 Å². The van der Waals surface area contributed by atoms with Gasteiger partial charge in [0.1, 0.15) is 6.54 Å². The molecule has 2 rings (SSSR count). The molecule has 5 nitrogen and oxygen atoms in total. The quantitative estimate of drug-likeness (QED) is 0.808. The van der Waals surface area contributed by atoms with Gasteiger partial charge in [-0.05, 0) is 48.2 Å². The van der Waals surface area contributed by atoms with Gasteiger partial charge in [-0.3, -0.25) is 9.59 Å². The fraction of sp³-hybridized carbons (Fsp3) is 0.364. The molecule has 27 heavy (non-hydrogen) atoms. The molecule has 1 N–H and O–H groups in total. The van der Waals surface area contributed by atoms with Gasteiger partial charge in [0.05, 0.1) is 0 Å². The van der Waals surface area contributed by atoms with Crippen LogP contribution in [0, 0.1) is 0 Å². The first kappa shape index (κ1) is 20.5. The molecule has 2 aromatic carbocycles. The maximum atomic E-state index is 12.7. The topological polar surface area (TPSA) is 52.7 Å². The molecule has 0 saturated heterocycles. The number of anilines is 3. The summed E-state index contributed by atoms with van der Waals surface area (Å²) in [5.41, 5.74) is 4.83. The van der Waals surface area contributed by atoms with E-state index in [9.17, 15) is 9.59 Å². The molecule has 2 aromatic rings. The molecule has 144 valence electrons. The van der Waals surface area contributed by atoms with Gasteiger partial charge in [0.15, 0.2) is 0 Å². The first-order valence-corrected chi connectivity index (χ1v) is 9.33. The number of hydrogen-bond donors (Lipinski definition) is 1. The summed E-state index contributed by atoms with van der Waals surface area (Å²) in [6, 6.07) is 13.7. The van der Waals surface area contributed by atoms with Crippen LogP contribution in [0.15, 0.2) is 42.5 Å². The molecule has 0 aliphatic heterocycles. The number of amides is 2. The second kappa shape index (κ2) is 9.21. The first-order valence-electron chi connectivity index (χ1n) is 9.33. The number of carbonyl (C=O) groups is 2.